The van der Waals surface area contributed by atoms with Crippen molar-refractivity contribution in [3.8, 4) is 0 Å². The van der Waals surface area contributed by atoms with E-state index in [1.807, 2.05) is 25.1 Å². The lowest BCUT2D eigenvalue weighted by molar-refractivity contribution is 0.0506. The van der Waals surface area contributed by atoms with E-state index in [2.05, 4.69) is 24.4 Å². The van der Waals surface area contributed by atoms with Gasteiger partial charge in [-0.2, -0.15) is 0 Å². The SMILES string of the molecule is CCCCc1ccc(Nc2ccc(N)cc2C(=O)OCCC)cc1. The molecule has 0 saturated heterocycles. The molecule has 0 spiro atoms. The Bertz CT molecular complexity index is 666. The molecule has 4 nitrogen and oxygen atoms in total. The van der Waals surface area contributed by atoms with Gasteiger partial charge in [-0.05, 0) is 55.2 Å². The number of hydrogen-bond acceptors (Lipinski definition) is 4. The second-order valence-electron chi connectivity index (χ2n) is 5.87. The zero-order valence-electron chi connectivity index (χ0n) is 14.5. The predicted molar refractivity (Wildman–Crippen MR) is 99.8 cm³/mol. The zero-order chi connectivity index (χ0) is 17.4. The molecule has 128 valence electrons. The van der Waals surface area contributed by atoms with Crippen LogP contribution in [0, 0.1) is 0 Å². The van der Waals surface area contributed by atoms with Crippen LogP contribution >= 0.6 is 0 Å². The van der Waals surface area contributed by atoms with Crippen LogP contribution in [0.15, 0.2) is 42.5 Å². The number of rotatable bonds is 8. The number of carbonyl (C=O) groups excluding carboxylic acids is 1. The van der Waals surface area contributed by atoms with Crippen molar-refractivity contribution < 1.29 is 9.53 Å². The summed E-state index contributed by atoms with van der Waals surface area (Å²) >= 11 is 0. The summed E-state index contributed by atoms with van der Waals surface area (Å²) in [5.74, 6) is -0.355. The van der Waals surface area contributed by atoms with Gasteiger partial charge in [0.2, 0.25) is 0 Å². The Hall–Kier alpha value is -2.49. The summed E-state index contributed by atoms with van der Waals surface area (Å²) in [5.41, 5.74) is 9.77. The zero-order valence-corrected chi connectivity index (χ0v) is 14.5. The summed E-state index contributed by atoms with van der Waals surface area (Å²) in [6, 6.07) is 13.5. The van der Waals surface area contributed by atoms with Crippen LogP contribution in [0.2, 0.25) is 0 Å². The van der Waals surface area contributed by atoms with Crippen molar-refractivity contribution in [2.45, 2.75) is 39.5 Å². The molecule has 3 N–H and O–H groups in total. The van der Waals surface area contributed by atoms with Crippen LogP contribution in [0.25, 0.3) is 0 Å². The van der Waals surface area contributed by atoms with E-state index in [1.165, 1.54) is 18.4 Å². The van der Waals surface area contributed by atoms with E-state index in [0.29, 0.717) is 23.5 Å². The maximum absolute atomic E-state index is 12.2. The van der Waals surface area contributed by atoms with E-state index in [1.54, 1.807) is 12.1 Å². The number of carbonyl (C=O) groups is 1. The van der Waals surface area contributed by atoms with Gasteiger partial charge in [0, 0.05) is 11.4 Å². The van der Waals surface area contributed by atoms with Crippen LogP contribution in [0.5, 0.6) is 0 Å². The molecule has 0 bridgehead atoms. The second-order valence-corrected chi connectivity index (χ2v) is 5.87. The van der Waals surface area contributed by atoms with Gasteiger partial charge in [-0.15, -0.1) is 0 Å². The summed E-state index contributed by atoms with van der Waals surface area (Å²) in [6.45, 7) is 4.56. The third-order valence-electron chi connectivity index (χ3n) is 3.75. The Balaban J connectivity index is 2.15. The van der Waals surface area contributed by atoms with Crippen LogP contribution in [-0.4, -0.2) is 12.6 Å². The van der Waals surface area contributed by atoms with Gasteiger partial charge in [0.05, 0.1) is 17.9 Å². The molecule has 2 rings (SSSR count). The lowest BCUT2D eigenvalue weighted by atomic mass is 10.1. The van der Waals surface area contributed by atoms with Gasteiger partial charge in [0.15, 0.2) is 0 Å². The number of anilines is 3. The van der Waals surface area contributed by atoms with Crippen LogP contribution < -0.4 is 11.1 Å². The lowest BCUT2D eigenvalue weighted by Crippen LogP contribution is -2.09. The molecular weight excluding hydrogens is 300 g/mol. The Kier molecular flexibility index (Phi) is 6.67. The molecule has 0 aliphatic rings. The number of benzene rings is 2. The summed E-state index contributed by atoms with van der Waals surface area (Å²) in [6.07, 6.45) is 4.26. The average molecular weight is 326 g/mol. The van der Waals surface area contributed by atoms with E-state index in [-0.39, 0.29) is 5.97 Å². The number of nitrogen functional groups attached to an aromatic ring is 1. The number of nitrogens with one attached hydrogen (secondary N) is 1. The second kappa shape index (κ2) is 8.96. The minimum Gasteiger partial charge on any atom is -0.462 e. The number of ether oxygens (including phenoxy) is 1. The van der Waals surface area contributed by atoms with Crippen molar-refractivity contribution >= 4 is 23.0 Å². The van der Waals surface area contributed by atoms with Crippen molar-refractivity contribution in [1.82, 2.24) is 0 Å². The van der Waals surface area contributed by atoms with E-state index in [9.17, 15) is 4.79 Å². The Morgan fingerprint density at radius 2 is 1.83 bits per heavy atom. The molecule has 0 saturated carbocycles. The van der Waals surface area contributed by atoms with Crippen LogP contribution in [0.3, 0.4) is 0 Å². The van der Waals surface area contributed by atoms with Crippen LogP contribution in [-0.2, 0) is 11.2 Å². The quantitative estimate of drug-likeness (QED) is 0.534. The lowest BCUT2D eigenvalue weighted by Gasteiger charge is -2.13. The summed E-state index contributed by atoms with van der Waals surface area (Å²) < 4.78 is 5.24. The third kappa shape index (κ3) is 5.01. The number of nitrogens with two attached hydrogens (primary N) is 1. The van der Waals surface area contributed by atoms with E-state index in [4.69, 9.17) is 10.5 Å². The first kappa shape index (κ1) is 17.9. The largest absolute Gasteiger partial charge is 0.462 e. The first-order valence-electron chi connectivity index (χ1n) is 8.56. The fraction of sp³-hybridized carbons (Fsp3) is 0.350. The summed E-state index contributed by atoms with van der Waals surface area (Å²) in [5, 5.41) is 3.28. The summed E-state index contributed by atoms with van der Waals surface area (Å²) in [7, 11) is 0. The maximum atomic E-state index is 12.2. The smallest absolute Gasteiger partial charge is 0.340 e. The monoisotopic (exact) mass is 326 g/mol. The van der Waals surface area contributed by atoms with Gasteiger partial charge in [-0.1, -0.05) is 32.4 Å². The number of esters is 1. The van der Waals surface area contributed by atoms with Crippen molar-refractivity contribution in [1.29, 1.82) is 0 Å². The molecule has 0 atom stereocenters. The minimum absolute atomic E-state index is 0.355. The van der Waals surface area contributed by atoms with Gasteiger partial charge in [-0.3, -0.25) is 0 Å². The van der Waals surface area contributed by atoms with Gasteiger partial charge < -0.3 is 15.8 Å². The Morgan fingerprint density at radius 3 is 2.50 bits per heavy atom. The predicted octanol–water partition coefficient (Wildman–Crippen LogP) is 4.92. The van der Waals surface area contributed by atoms with Crippen LogP contribution in [0.1, 0.15) is 49.0 Å². The average Bonchev–Trinajstić information content (AvgIpc) is 2.60. The first-order valence-corrected chi connectivity index (χ1v) is 8.56. The third-order valence-corrected chi connectivity index (χ3v) is 3.75. The fourth-order valence-electron chi connectivity index (χ4n) is 2.40. The Morgan fingerprint density at radius 1 is 1.08 bits per heavy atom. The van der Waals surface area contributed by atoms with Crippen LogP contribution in [0.4, 0.5) is 17.1 Å². The van der Waals surface area contributed by atoms with Gasteiger partial charge in [0.25, 0.3) is 0 Å². The highest BCUT2D eigenvalue weighted by Crippen LogP contribution is 2.24. The molecule has 0 heterocycles. The molecule has 0 aromatic heterocycles. The van der Waals surface area contributed by atoms with E-state index >= 15 is 0 Å². The number of hydrogen-bond donors (Lipinski definition) is 2. The highest BCUT2D eigenvalue weighted by Gasteiger charge is 2.13. The number of unbranched alkanes of at least 4 members (excludes halogenated alkanes) is 1. The topological polar surface area (TPSA) is 64.3 Å². The molecule has 4 heteroatoms. The fourth-order valence-corrected chi connectivity index (χ4v) is 2.40. The van der Waals surface area contributed by atoms with E-state index < -0.39 is 0 Å². The van der Waals surface area contributed by atoms with Gasteiger partial charge in [0.1, 0.15) is 0 Å². The van der Waals surface area contributed by atoms with Crippen molar-refractivity contribution in [3.63, 3.8) is 0 Å². The van der Waals surface area contributed by atoms with Crippen molar-refractivity contribution in [3.05, 3.63) is 53.6 Å². The molecule has 0 aliphatic carbocycles. The highest BCUT2D eigenvalue weighted by atomic mass is 16.5. The van der Waals surface area contributed by atoms with Gasteiger partial charge >= 0.3 is 5.97 Å². The molecule has 2 aromatic carbocycles. The number of aryl methyl sites for hydroxylation is 1. The first-order chi connectivity index (χ1) is 11.6. The highest BCUT2D eigenvalue weighted by molar-refractivity contribution is 5.97. The normalized spacial score (nSPS) is 10.4. The molecule has 0 amide bonds. The molecule has 24 heavy (non-hydrogen) atoms. The molecule has 2 aromatic rings. The van der Waals surface area contributed by atoms with Crippen molar-refractivity contribution in [2.24, 2.45) is 0 Å². The van der Waals surface area contributed by atoms with Gasteiger partial charge in [-0.25, -0.2) is 4.79 Å². The maximum Gasteiger partial charge on any atom is 0.340 e. The molecule has 0 fully saturated rings. The molecule has 0 radical (unpaired) electrons. The standard InChI is InChI=1S/C20H26N2O2/c1-3-5-6-15-7-10-17(11-8-15)22-19-12-9-16(21)14-18(19)20(23)24-13-4-2/h7-12,14,22H,3-6,13,21H2,1-2H3. The molecule has 0 aliphatic heterocycles. The molecular formula is C20H26N2O2. The molecule has 0 unspecified atom stereocenters. The van der Waals surface area contributed by atoms with Crippen molar-refractivity contribution in [2.75, 3.05) is 17.7 Å². The Labute approximate surface area is 144 Å². The summed E-state index contributed by atoms with van der Waals surface area (Å²) in [4.78, 5) is 12.2. The minimum atomic E-state index is -0.355. The van der Waals surface area contributed by atoms with E-state index in [0.717, 1.165) is 18.5 Å².